The lowest BCUT2D eigenvalue weighted by Crippen LogP contribution is -2.33. The van der Waals surface area contributed by atoms with Crippen molar-refractivity contribution in [2.75, 3.05) is 19.6 Å². The Labute approximate surface area is 136 Å². The average molecular weight is 318 g/mol. The lowest BCUT2D eigenvalue weighted by atomic mass is 10.3. The van der Waals surface area contributed by atoms with Crippen LogP contribution in [0, 0.1) is 0 Å². The Kier molecular flexibility index (Phi) is 6.40. The minimum absolute atomic E-state index is 0.0258. The van der Waals surface area contributed by atoms with Crippen molar-refractivity contribution in [3.8, 4) is 0 Å². The molecule has 1 heterocycles. The number of nitrogens with one attached hydrogen (secondary N) is 2. The van der Waals surface area contributed by atoms with E-state index in [0.717, 1.165) is 30.5 Å². The molecule has 0 aliphatic rings. The highest BCUT2D eigenvalue weighted by molar-refractivity contribution is 5.78. The molecule has 6 heteroatoms. The Bertz CT molecular complexity index is 702. The summed E-state index contributed by atoms with van der Waals surface area (Å²) in [6.45, 7) is 7.44. The van der Waals surface area contributed by atoms with Crippen molar-refractivity contribution in [2.45, 2.75) is 39.8 Å². The van der Waals surface area contributed by atoms with Crippen LogP contribution in [0.2, 0.25) is 0 Å². The highest BCUT2D eigenvalue weighted by Crippen LogP contribution is 2.13. The zero-order valence-electron chi connectivity index (χ0n) is 14.0. The first kappa shape index (κ1) is 17.3. The van der Waals surface area contributed by atoms with Gasteiger partial charge >= 0.3 is 5.69 Å². The van der Waals surface area contributed by atoms with Crippen molar-refractivity contribution in [3.05, 3.63) is 34.7 Å². The van der Waals surface area contributed by atoms with E-state index < -0.39 is 0 Å². The molecule has 0 aliphatic heterocycles. The lowest BCUT2D eigenvalue weighted by Gasteiger charge is -2.06. The van der Waals surface area contributed by atoms with Crippen LogP contribution in [-0.2, 0) is 17.9 Å². The van der Waals surface area contributed by atoms with E-state index in [1.165, 1.54) is 0 Å². The molecule has 0 saturated heterocycles. The maximum atomic E-state index is 12.6. The fraction of sp³-hybridized carbons (Fsp3) is 0.529. The number of likely N-dealkylation sites (N-methyl/N-ethyl adjacent to an activating group) is 1. The molecule has 6 nitrogen and oxygen atoms in total. The summed E-state index contributed by atoms with van der Waals surface area (Å²) < 4.78 is 3.49. The molecule has 0 spiro atoms. The van der Waals surface area contributed by atoms with Gasteiger partial charge in [0.05, 0.1) is 11.0 Å². The number of aromatic nitrogens is 2. The maximum Gasteiger partial charge on any atom is 0.329 e. The monoisotopic (exact) mass is 318 g/mol. The van der Waals surface area contributed by atoms with E-state index >= 15 is 0 Å². The molecule has 2 aromatic rings. The second kappa shape index (κ2) is 8.53. The molecule has 1 aromatic carbocycles. The molecule has 0 bridgehead atoms. The Balaban J connectivity index is 2.07. The number of para-hydroxylation sites is 2. The number of nitrogens with zero attached hydrogens (tertiary/aromatic N) is 2. The van der Waals surface area contributed by atoms with Gasteiger partial charge in [0.1, 0.15) is 0 Å². The van der Waals surface area contributed by atoms with Crippen LogP contribution >= 0.6 is 0 Å². The molecule has 0 unspecified atom stereocenters. The van der Waals surface area contributed by atoms with Gasteiger partial charge in [-0.1, -0.05) is 26.0 Å². The van der Waals surface area contributed by atoms with Gasteiger partial charge in [-0.3, -0.25) is 13.9 Å². The Morgan fingerprint density at radius 3 is 2.30 bits per heavy atom. The van der Waals surface area contributed by atoms with Crippen LogP contribution in [0.4, 0.5) is 0 Å². The minimum atomic E-state index is -0.0338. The number of hydrogen-bond acceptors (Lipinski definition) is 3. The molecule has 1 aromatic heterocycles. The Morgan fingerprint density at radius 2 is 1.70 bits per heavy atom. The number of rotatable bonds is 9. The first-order chi connectivity index (χ1) is 11.2. The highest BCUT2D eigenvalue weighted by atomic mass is 16.2. The summed E-state index contributed by atoms with van der Waals surface area (Å²) in [5.74, 6) is -0.0258. The van der Waals surface area contributed by atoms with Crippen LogP contribution in [0.3, 0.4) is 0 Å². The number of hydrogen-bond donors (Lipinski definition) is 2. The number of aryl methyl sites for hydroxylation is 2. The molecule has 0 radical (unpaired) electrons. The number of carbonyl (C=O) groups excluding carboxylic acids is 1. The zero-order chi connectivity index (χ0) is 16.7. The molecule has 0 aliphatic carbocycles. The number of benzene rings is 1. The van der Waals surface area contributed by atoms with Crippen LogP contribution in [-0.4, -0.2) is 34.7 Å². The minimum Gasteiger partial charge on any atom is -0.355 e. The molecule has 1 amide bonds. The van der Waals surface area contributed by atoms with Gasteiger partial charge in [-0.05, 0) is 25.1 Å². The summed E-state index contributed by atoms with van der Waals surface area (Å²) in [4.78, 5) is 24.5. The number of imidazole rings is 1. The van der Waals surface area contributed by atoms with Crippen LogP contribution in [0.15, 0.2) is 29.1 Å². The number of carbonyl (C=O) groups is 1. The van der Waals surface area contributed by atoms with Crippen molar-refractivity contribution in [2.24, 2.45) is 0 Å². The molecule has 0 saturated carbocycles. The predicted octanol–water partition coefficient (Wildman–Crippen LogP) is 1.33. The quantitative estimate of drug-likeness (QED) is 0.685. The van der Waals surface area contributed by atoms with Crippen LogP contribution in [0.5, 0.6) is 0 Å². The molecular weight excluding hydrogens is 292 g/mol. The van der Waals surface area contributed by atoms with E-state index in [2.05, 4.69) is 17.6 Å². The van der Waals surface area contributed by atoms with E-state index in [-0.39, 0.29) is 11.6 Å². The summed E-state index contributed by atoms with van der Waals surface area (Å²) in [7, 11) is 0. The van der Waals surface area contributed by atoms with Crippen LogP contribution < -0.4 is 16.3 Å². The van der Waals surface area contributed by atoms with E-state index in [0.29, 0.717) is 26.1 Å². The van der Waals surface area contributed by atoms with Gasteiger partial charge < -0.3 is 10.6 Å². The van der Waals surface area contributed by atoms with Crippen LogP contribution in [0.25, 0.3) is 11.0 Å². The van der Waals surface area contributed by atoms with Gasteiger partial charge in [0.25, 0.3) is 0 Å². The van der Waals surface area contributed by atoms with Crippen molar-refractivity contribution in [1.29, 1.82) is 0 Å². The fourth-order valence-corrected chi connectivity index (χ4v) is 2.70. The maximum absolute atomic E-state index is 12.6. The third kappa shape index (κ3) is 4.22. The molecule has 0 fully saturated rings. The normalized spacial score (nSPS) is 11.0. The highest BCUT2D eigenvalue weighted by Gasteiger charge is 2.13. The number of amides is 1. The zero-order valence-corrected chi connectivity index (χ0v) is 14.0. The third-order valence-electron chi connectivity index (χ3n) is 3.81. The molecule has 0 atom stereocenters. The van der Waals surface area contributed by atoms with E-state index in [4.69, 9.17) is 0 Å². The average Bonchev–Trinajstić information content (AvgIpc) is 2.82. The fourth-order valence-electron chi connectivity index (χ4n) is 2.70. The SMILES string of the molecule is CCCn1c(=O)n(CCC(=O)NCCNCC)c2ccccc21. The summed E-state index contributed by atoms with van der Waals surface area (Å²) >= 11 is 0. The van der Waals surface area contributed by atoms with Crippen molar-refractivity contribution in [3.63, 3.8) is 0 Å². The van der Waals surface area contributed by atoms with Gasteiger partial charge in [0, 0.05) is 32.6 Å². The van der Waals surface area contributed by atoms with E-state index in [9.17, 15) is 9.59 Å². The predicted molar refractivity (Wildman–Crippen MR) is 92.7 cm³/mol. The van der Waals surface area contributed by atoms with Crippen molar-refractivity contribution < 1.29 is 4.79 Å². The summed E-state index contributed by atoms with van der Waals surface area (Å²) in [6, 6.07) is 7.75. The molecule has 2 rings (SSSR count). The van der Waals surface area contributed by atoms with Gasteiger partial charge in [-0.25, -0.2) is 4.79 Å². The number of fused-ring (bicyclic) bond motifs is 1. The third-order valence-corrected chi connectivity index (χ3v) is 3.81. The van der Waals surface area contributed by atoms with Crippen molar-refractivity contribution in [1.82, 2.24) is 19.8 Å². The molecule has 126 valence electrons. The first-order valence-corrected chi connectivity index (χ1v) is 8.34. The Hall–Kier alpha value is -2.08. The summed E-state index contributed by atoms with van der Waals surface area (Å²) in [5, 5.41) is 6.02. The second-order valence-corrected chi connectivity index (χ2v) is 5.53. The molecule has 2 N–H and O–H groups in total. The van der Waals surface area contributed by atoms with Gasteiger partial charge in [0.15, 0.2) is 0 Å². The van der Waals surface area contributed by atoms with Gasteiger partial charge in [-0.15, -0.1) is 0 Å². The second-order valence-electron chi connectivity index (χ2n) is 5.53. The standard InChI is InChI=1S/C17H26N4O2/c1-3-12-20-14-7-5-6-8-15(14)21(17(20)23)13-9-16(22)19-11-10-18-4-2/h5-8,18H,3-4,9-13H2,1-2H3,(H,19,22). The topological polar surface area (TPSA) is 68.1 Å². The van der Waals surface area contributed by atoms with E-state index in [1.54, 1.807) is 9.13 Å². The van der Waals surface area contributed by atoms with Crippen molar-refractivity contribution >= 4 is 16.9 Å². The molecule has 23 heavy (non-hydrogen) atoms. The van der Waals surface area contributed by atoms with Crippen LogP contribution in [0.1, 0.15) is 26.7 Å². The molecular formula is C17H26N4O2. The lowest BCUT2D eigenvalue weighted by molar-refractivity contribution is -0.121. The summed E-state index contributed by atoms with van der Waals surface area (Å²) in [6.07, 6.45) is 1.21. The smallest absolute Gasteiger partial charge is 0.329 e. The van der Waals surface area contributed by atoms with E-state index in [1.807, 2.05) is 31.2 Å². The largest absolute Gasteiger partial charge is 0.355 e. The van der Waals surface area contributed by atoms with Gasteiger partial charge in [-0.2, -0.15) is 0 Å². The Morgan fingerprint density at radius 1 is 1.04 bits per heavy atom. The van der Waals surface area contributed by atoms with Gasteiger partial charge in [0.2, 0.25) is 5.91 Å². The first-order valence-electron chi connectivity index (χ1n) is 8.34. The summed E-state index contributed by atoms with van der Waals surface area (Å²) in [5.41, 5.74) is 1.80.